The zero-order chi connectivity index (χ0) is 20.6. The zero-order valence-electron chi connectivity index (χ0n) is 17.7. The fraction of sp³-hybridized carbons (Fsp3) is 0.500. The van der Waals surface area contributed by atoms with Crippen molar-refractivity contribution in [3.05, 3.63) is 70.5 Å². The molecule has 0 saturated carbocycles. The first-order valence-corrected chi connectivity index (χ1v) is 11.5. The lowest BCUT2D eigenvalue weighted by Crippen LogP contribution is -2.45. The molecule has 3 nitrogen and oxygen atoms in total. The van der Waals surface area contributed by atoms with E-state index >= 15 is 0 Å². The molecule has 0 N–H and O–H groups in total. The first-order chi connectivity index (χ1) is 14.6. The van der Waals surface area contributed by atoms with E-state index in [1.807, 2.05) is 12.1 Å². The molecule has 0 radical (unpaired) electrons. The van der Waals surface area contributed by atoms with Crippen LogP contribution in [-0.4, -0.2) is 34.3 Å². The normalized spacial score (nSPS) is 24.4. The monoisotopic (exact) mass is 406 g/mol. The Morgan fingerprint density at radius 1 is 0.800 bits per heavy atom. The molecule has 30 heavy (non-hydrogen) atoms. The van der Waals surface area contributed by atoms with E-state index in [4.69, 9.17) is 0 Å². The maximum absolute atomic E-state index is 13.3. The molecule has 2 aliphatic heterocycles. The van der Waals surface area contributed by atoms with Gasteiger partial charge in [-0.1, -0.05) is 30.3 Å². The number of halogens is 1. The standard InChI is InChI=1S/C26H31FN2O/c27-24-9-6-20(7-10-24)19-29-25(30)11-13-26(29)12-2-15-28(16-14-26)18-21-5-8-22-3-1-4-23(22)17-21/h5-10,17H,1-4,11-16,18-19H2/t26-/m1/s1. The number of amides is 1. The minimum atomic E-state index is -0.224. The van der Waals surface area contributed by atoms with Crippen LogP contribution in [0.5, 0.6) is 0 Å². The Labute approximate surface area is 178 Å². The summed E-state index contributed by atoms with van der Waals surface area (Å²) in [5.74, 6) is 0.0317. The number of fused-ring (bicyclic) bond motifs is 1. The Bertz CT molecular complexity index is 925. The number of rotatable bonds is 4. The quantitative estimate of drug-likeness (QED) is 0.724. The largest absolute Gasteiger partial charge is 0.333 e. The third-order valence-corrected chi connectivity index (χ3v) is 7.51. The fourth-order valence-corrected chi connectivity index (χ4v) is 5.80. The summed E-state index contributed by atoms with van der Waals surface area (Å²) in [6, 6.07) is 13.7. The van der Waals surface area contributed by atoms with Gasteiger partial charge in [-0.15, -0.1) is 0 Å². The number of aryl methyl sites for hydroxylation is 2. The lowest BCUT2D eigenvalue weighted by molar-refractivity contribution is -0.132. The van der Waals surface area contributed by atoms with Crippen LogP contribution in [0, 0.1) is 5.82 Å². The fourth-order valence-electron chi connectivity index (χ4n) is 5.80. The molecule has 5 rings (SSSR count). The second-order valence-electron chi connectivity index (χ2n) is 9.42. The molecule has 158 valence electrons. The van der Waals surface area contributed by atoms with Crippen molar-refractivity contribution in [1.82, 2.24) is 9.80 Å². The molecule has 1 atom stereocenters. The molecule has 2 saturated heterocycles. The third kappa shape index (κ3) is 3.90. The van der Waals surface area contributed by atoms with Crippen LogP contribution in [0.25, 0.3) is 0 Å². The van der Waals surface area contributed by atoms with E-state index in [-0.39, 0.29) is 17.3 Å². The summed E-state index contributed by atoms with van der Waals surface area (Å²) in [5.41, 5.74) is 5.50. The minimum absolute atomic E-state index is 0.0296. The maximum Gasteiger partial charge on any atom is 0.223 e. The molecule has 2 fully saturated rings. The van der Waals surface area contributed by atoms with Crippen molar-refractivity contribution in [2.45, 2.75) is 70.0 Å². The predicted octanol–water partition coefficient (Wildman–Crippen LogP) is 4.86. The van der Waals surface area contributed by atoms with Crippen molar-refractivity contribution >= 4 is 5.91 Å². The number of likely N-dealkylation sites (tertiary alicyclic amines) is 2. The lowest BCUT2D eigenvalue weighted by atomic mass is 9.87. The molecule has 0 unspecified atom stereocenters. The Morgan fingerprint density at radius 3 is 2.47 bits per heavy atom. The molecule has 2 aromatic carbocycles. The molecule has 4 heteroatoms. The average Bonchev–Trinajstić information content (AvgIpc) is 3.26. The zero-order valence-corrected chi connectivity index (χ0v) is 17.7. The highest BCUT2D eigenvalue weighted by Crippen LogP contribution is 2.40. The van der Waals surface area contributed by atoms with Gasteiger partial charge in [0.15, 0.2) is 0 Å². The average molecular weight is 407 g/mol. The van der Waals surface area contributed by atoms with Gasteiger partial charge in [-0.05, 0) is 85.9 Å². The molecule has 0 bridgehead atoms. The number of hydrogen-bond acceptors (Lipinski definition) is 2. The van der Waals surface area contributed by atoms with Crippen LogP contribution in [-0.2, 0) is 30.7 Å². The second kappa shape index (κ2) is 8.14. The third-order valence-electron chi connectivity index (χ3n) is 7.51. The maximum atomic E-state index is 13.3. The molecule has 0 aromatic heterocycles. The summed E-state index contributed by atoms with van der Waals surface area (Å²) >= 11 is 0. The highest BCUT2D eigenvalue weighted by molar-refractivity contribution is 5.79. The van der Waals surface area contributed by atoms with Crippen molar-refractivity contribution in [1.29, 1.82) is 0 Å². The van der Waals surface area contributed by atoms with Gasteiger partial charge in [0.25, 0.3) is 0 Å². The van der Waals surface area contributed by atoms with E-state index in [1.54, 1.807) is 5.56 Å². The Balaban J connectivity index is 1.27. The Hall–Kier alpha value is -2.20. The number of benzene rings is 2. The van der Waals surface area contributed by atoms with E-state index < -0.39 is 0 Å². The molecule has 1 amide bonds. The number of hydrogen-bond donors (Lipinski definition) is 0. The van der Waals surface area contributed by atoms with E-state index in [0.29, 0.717) is 13.0 Å². The van der Waals surface area contributed by atoms with Crippen molar-refractivity contribution in [2.24, 2.45) is 0 Å². The van der Waals surface area contributed by atoms with E-state index in [1.165, 1.54) is 42.5 Å². The van der Waals surface area contributed by atoms with Crippen LogP contribution in [0.15, 0.2) is 42.5 Å². The first-order valence-electron chi connectivity index (χ1n) is 11.5. The van der Waals surface area contributed by atoms with Gasteiger partial charge in [0.1, 0.15) is 5.82 Å². The van der Waals surface area contributed by atoms with Gasteiger partial charge in [0.2, 0.25) is 5.91 Å². The summed E-state index contributed by atoms with van der Waals surface area (Å²) in [4.78, 5) is 17.4. The van der Waals surface area contributed by atoms with Crippen molar-refractivity contribution < 1.29 is 9.18 Å². The van der Waals surface area contributed by atoms with Crippen LogP contribution in [0.4, 0.5) is 4.39 Å². The van der Waals surface area contributed by atoms with Crippen LogP contribution >= 0.6 is 0 Å². The smallest absolute Gasteiger partial charge is 0.223 e. The topological polar surface area (TPSA) is 23.6 Å². The van der Waals surface area contributed by atoms with Crippen LogP contribution < -0.4 is 0 Å². The molecule has 2 aromatic rings. The summed E-state index contributed by atoms with van der Waals surface area (Å²) in [6.07, 6.45) is 8.59. The van der Waals surface area contributed by atoms with Gasteiger partial charge in [-0.25, -0.2) is 4.39 Å². The highest BCUT2D eigenvalue weighted by Gasteiger charge is 2.45. The molecular weight excluding hydrogens is 375 g/mol. The number of carbonyl (C=O) groups is 1. The highest BCUT2D eigenvalue weighted by atomic mass is 19.1. The van der Waals surface area contributed by atoms with Crippen LogP contribution in [0.2, 0.25) is 0 Å². The minimum Gasteiger partial charge on any atom is -0.333 e. The number of nitrogens with zero attached hydrogens (tertiary/aromatic N) is 2. The summed E-state index contributed by atoms with van der Waals surface area (Å²) < 4.78 is 13.3. The van der Waals surface area contributed by atoms with Crippen LogP contribution in [0.1, 0.15) is 60.8 Å². The summed E-state index contributed by atoms with van der Waals surface area (Å²) in [6.45, 7) is 3.74. The van der Waals surface area contributed by atoms with Gasteiger partial charge < -0.3 is 4.90 Å². The SMILES string of the molecule is O=C1CC[C@@]2(CCCN(Cc3ccc4c(c3)CCC4)CC2)N1Cc1ccc(F)cc1. The number of carbonyl (C=O) groups excluding carboxylic acids is 1. The molecule has 1 aliphatic carbocycles. The molecule has 2 heterocycles. The van der Waals surface area contributed by atoms with Crippen molar-refractivity contribution in [3.63, 3.8) is 0 Å². The second-order valence-corrected chi connectivity index (χ2v) is 9.42. The molecule has 3 aliphatic rings. The predicted molar refractivity (Wildman–Crippen MR) is 117 cm³/mol. The Morgan fingerprint density at radius 2 is 1.60 bits per heavy atom. The van der Waals surface area contributed by atoms with Gasteiger partial charge in [0, 0.05) is 31.6 Å². The summed E-state index contributed by atoms with van der Waals surface area (Å²) in [7, 11) is 0. The van der Waals surface area contributed by atoms with Crippen LogP contribution in [0.3, 0.4) is 0 Å². The summed E-state index contributed by atoms with van der Waals surface area (Å²) in [5, 5.41) is 0. The molecule has 1 spiro atoms. The van der Waals surface area contributed by atoms with Gasteiger partial charge in [-0.2, -0.15) is 0 Å². The van der Waals surface area contributed by atoms with E-state index in [0.717, 1.165) is 50.9 Å². The molecular formula is C26H31FN2O. The lowest BCUT2D eigenvalue weighted by Gasteiger charge is -2.38. The van der Waals surface area contributed by atoms with Crippen molar-refractivity contribution in [3.8, 4) is 0 Å². The van der Waals surface area contributed by atoms with Gasteiger partial charge >= 0.3 is 0 Å². The van der Waals surface area contributed by atoms with E-state index in [9.17, 15) is 9.18 Å². The first kappa shape index (κ1) is 19.7. The van der Waals surface area contributed by atoms with Crippen molar-refractivity contribution in [2.75, 3.05) is 13.1 Å². The van der Waals surface area contributed by atoms with Gasteiger partial charge in [-0.3, -0.25) is 9.69 Å². The van der Waals surface area contributed by atoms with E-state index in [2.05, 4.69) is 28.0 Å². The van der Waals surface area contributed by atoms with Gasteiger partial charge in [0.05, 0.1) is 0 Å². The Kier molecular flexibility index (Phi) is 5.36.